The third-order valence-electron chi connectivity index (χ3n) is 5.80. The third-order valence-corrected chi connectivity index (χ3v) is 5.80. The van der Waals surface area contributed by atoms with Crippen molar-refractivity contribution in [3.63, 3.8) is 0 Å². The van der Waals surface area contributed by atoms with Gasteiger partial charge in [-0.15, -0.1) is 0 Å². The molecule has 1 amide bonds. The monoisotopic (exact) mass is 425 g/mol. The number of fused-ring (bicyclic) bond motifs is 2. The molecule has 4 aromatic rings. The highest BCUT2D eigenvalue weighted by molar-refractivity contribution is 5.97. The molecule has 1 N–H and O–H groups in total. The highest BCUT2D eigenvalue weighted by Gasteiger charge is 2.22. The van der Waals surface area contributed by atoms with Crippen LogP contribution in [0.4, 0.5) is 0 Å². The summed E-state index contributed by atoms with van der Waals surface area (Å²) in [5, 5.41) is 0. The summed E-state index contributed by atoms with van der Waals surface area (Å²) in [4.78, 5) is 34.2. The van der Waals surface area contributed by atoms with Crippen LogP contribution in [0, 0.1) is 6.92 Å². The lowest BCUT2D eigenvalue weighted by Gasteiger charge is -2.20. The topological polar surface area (TPSA) is 75.3 Å². The Bertz CT molecular complexity index is 1340. The number of H-pyrrole nitrogens is 1. The fourth-order valence-electron chi connectivity index (χ4n) is 4.09. The lowest BCUT2D eigenvalue weighted by molar-refractivity contribution is 0.0733. The van der Waals surface area contributed by atoms with Crippen LogP contribution < -0.4 is 4.74 Å². The Balaban J connectivity index is 1.43. The van der Waals surface area contributed by atoms with Crippen LogP contribution in [0.2, 0.25) is 0 Å². The number of imidazole rings is 1. The number of ether oxygens (including phenoxy) is 1. The molecule has 1 aromatic heterocycles. The molecule has 160 valence electrons. The van der Waals surface area contributed by atoms with Gasteiger partial charge in [0.05, 0.1) is 17.6 Å². The second-order valence-corrected chi connectivity index (χ2v) is 8.09. The molecular weight excluding hydrogens is 402 g/mol. The van der Waals surface area contributed by atoms with E-state index in [0.717, 1.165) is 39.3 Å². The molecular formula is C26H23N3O3. The highest BCUT2D eigenvalue weighted by Crippen LogP contribution is 2.31. The second kappa shape index (κ2) is 7.96. The van der Waals surface area contributed by atoms with Crippen LogP contribution in [0.3, 0.4) is 0 Å². The average molecular weight is 425 g/mol. The zero-order valence-corrected chi connectivity index (χ0v) is 18.0. The molecule has 6 heteroatoms. The summed E-state index contributed by atoms with van der Waals surface area (Å²) in [5.41, 5.74) is 6.20. The van der Waals surface area contributed by atoms with E-state index in [1.54, 1.807) is 29.2 Å². The summed E-state index contributed by atoms with van der Waals surface area (Å²) in [7, 11) is 0. The molecule has 0 atom stereocenters. The van der Waals surface area contributed by atoms with Gasteiger partial charge < -0.3 is 14.6 Å². The molecule has 0 spiro atoms. The number of nitrogens with zero attached hydrogens (tertiary/aromatic N) is 2. The first-order chi connectivity index (χ1) is 15.5. The van der Waals surface area contributed by atoms with E-state index in [0.29, 0.717) is 30.8 Å². The number of nitrogens with one attached hydrogen (secondary N) is 1. The zero-order chi connectivity index (χ0) is 22.2. The maximum absolute atomic E-state index is 13.1. The van der Waals surface area contributed by atoms with Crippen molar-refractivity contribution in [3.8, 4) is 16.9 Å². The molecule has 1 aliphatic heterocycles. The SMILES string of the molecule is CC(=O)c1ccc(C(=O)N2CCOc3ccc(-c4ccc5nc(C)[nH]c5c4)cc3C2)cc1. The van der Waals surface area contributed by atoms with Crippen molar-refractivity contribution >= 4 is 22.7 Å². The maximum Gasteiger partial charge on any atom is 0.254 e. The lowest BCUT2D eigenvalue weighted by atomic mass is 10.0. The van der Waals surface area contributed by atoms with Crippen LogP contribution in [0.5, 0.6) is 5.75 Å². The smallest absolute Gasteiger partial charge is 0.254 e. The van der Waals surface area contributed by atoms with Gasteiger partial charge in [-0.1, -0.05) is 24.3 Å². The van der Waals surface area contributed by atoms with Gasteiger partial charge in [-0.25, -0.2) is 4.98 Å². The lowest BCUT2D eigenvalue weighted by Crippen LogP contribution is -2.32. The van der Waals surface area contributed by atoms with Gasteiger partial charge in [0, 0.05) is 23.2 Å². The molecule has 0 bridgehead atoms. The minimum atomic E-state index is -0.0729. The van der Waals surface area contributed by atoms with E-state index >= 15 is 0 Å². The first-order valence-electron chi connectivity index (χ1n) is 10.6. The van der Waals surface area contributed by atoms with E-state index in [9.17, 15) is 9.59 Å². The van der Waals surface area contributed by atoms with E-state index in [1.165, 1.54) is 6.92 Å². The van der Waals surface area contributed by atoms with Gasteiger partial charge in [0.2, 0.25) is 0 Å². The number of hydrogen-bond acceptors (Lipinski definition) is 4. The fourth-order valence-corrected chi connectivity index (χ4v) is 4.09. The summed E-state index contributed by atoms with van der Waals surface area (Å²) >= 11 is 0. The van der Waals surface area contributed by atoms with Crippen LogP contribution in [-0.2, 0) is 6.54 Å². The van der Waals surface area contributed by atoms with Crippen molar-refractivity contribution in [2.75, 3.05) is 13.2 Å². The van der Waals surface area contributed by atoms with Crippen molar-refractivity contribution in [1.29, 1.82) is 0 Å². The van der Waals surface area contributed by atoms with Gasteiger partial charge in [0.1, 0.15) is 18.2 Å². The number of ketones is 1. The summed E-state index contributed by atoms with van der Waals surface area (Å²) < 4.78 is 5.93. The first-order valence-corrected chi connectivity index (χ1v) is 10.6. The molecule has 0 saturated carbocycles. The molecule has 3 aromatic carbocycles. The van der Waals surface area contributed by atoms with Gasteiger partial charge in [0.25, 0.3) is 5.91 Å². The standard InChI is InChI=1S/C26H23N3O3/c1-16(30)18-3-5-19(6-4-18)26(31)29-11-12-32-25-10-8-20(13-22(25)15-29)21-7-9-23-24(14-21)28-17(2)27-23/h3-10,13-14H,11-12,15H2,1-2H3,(H,27,28). The van der Waals surface area contributed by atoms with Crippen LogP contribution >= 0.6 is 0 Å². The van der Waals surface area contributed by atoms with E-state index in [1.807, 2.05) is 25.1 Å². The molecule has 0 radical (unpaired) electrons. The second-order valence-electron chi connectivity index (χ2n) is 8.09. The quantitative estimate of drug-likeness (QED) is 0.480. The molecule has 2 heterocycles. The Kier molecular flexibility index (Phi) is 4.98. The van der Waals surface area contributed by atoms with Crippen molar-refractivity contribution in [1.82, 2.24) is 14.9 Å². The van der Waals surface area contributed by atoms with E-state index in [2.05, 4.69) is 28.2 Å². The zero-order valence-electron chi connectivity index (χ0n) is 18.0. The predicted octanol–water partition coefficient (Wildman–Crippen LogP) is 4.78. The number of amides is 1. The first kappa shape index (κ1) is 20.0. The average Bonchev–Trinajstić information content (AvgIpc) is 3.04. The van der Waals surface area contributed by atoms with Crippen LogP contribution in [-0.4, -0.2) is 39.7 Å². The Hall–Kier alpha value is -3.93. The number of rotatable bonds is 3. The maximum atomic E-state index is 13.1. The van der Waals surface area contributed by atoms with E-state index < -0.39 is 0 Å². The van der Waals surface area contributed by atoms with Crippen LogP contribution in [0.1, 0.15) is 39.0 Å². The van der Waals surface area contributed by atoms with Gasteiger partial charge in [0.15, 0.2) is 5.78 Å². The Labute approximate surface area is 185 Å². The van der Waals surface area contributed by atoms with Gasteiger partial charge in [-0.2, -0.15) is 0 Å². The number of hydrogen-bond donors (Lipinski definition) is 1. The molecule has 0 fully saturated rings. The van der Waals surface area contributed by atoms with Crippen molar-refractivity contribution in [2.24, 2.45) is 0 Å². The molecule has 0 unspecified atom stereocenters. The van der Waals surface area contributed by atoms with E-state index in [-0.39, 0.29) is 11.7 Å². The van der Waals surface area contributed by atoms with Crippen LogP contribution in [0.15, 0.2) is 60.7 Å². The van der Waals surface area contributed by atoms with E-state index in [4.69, 9.17) is 4.74 Å². The number of carbonyl (C=O) groups is 2. The largest absolute Gasteiger partial charge is 0.491 e. The Morgan fingerprint density at radius 2 is 1.69 bits per heavy atom. The van der Waals surface area contributed by atoms with Crippen molar-refractivity contribution in [2.45, 2.75) is 20.4 Å². The van der Waals surface area contributed by atoms with Crippen molar-refractivity contribution in [3.05, 3.63) is 83.2 Å². The number of carbonyl (C=O) groups excluding carboxylic acids is 2. The number of benzene rings is 3. The fraction of sp³-hybridized carbons (Fsp3) is 0.192. The molecule has 0 aliphatic carbocycles. The van der Waals surface area contributed by atoms with Gasteiger partial charge >= 0.3 is 0 Å². The minimum Gasteiger partial charge on any atom is -0.491 e. The summed E-state index contributed by atoms with van der Waals surface area (Å²) in [5.74, 6) is 1.60. The number of aryl methyl sites for hydroxylation is 1. The summed E-state index contributed by atoms with van der Waals surface area (Å²) in [6.07, 6.45) is 0. The van der Waals surface area contributed by atoms with Gasteiger partial charge in [-0.3, -0.25) is 9.59 Å². The number of Topliss-reactive ketones (excluding diaryl/α,β-unsaturated/α-hetero) is 1. The third kappa shape index (κ3) is 3.75. The predicted molar refractivity (Wildman–Crippen MR) is 123 cm³/mol. The molecule has 1 aliphatic rings. The highest BCUT2D eigenvalue weighted by atomic mass is 16.5. The van der Waals surface area contributed by atoms with Crippen LogP contribution in [0.25, 0.3) is 22.2 Å². The number of aromatic amines is 1. The molecule has 32 heavy (non-hydrogen) atoms. The molecule has 6 nitrogen and oxygen atoms in total. The minimum absolute atomic E-state index is 0.0166. The Morgan fingerprint density at radius 1 is 0.969 bits per heavy atom. The summed E-state index contributed by atoms with van der Waals surface area (Å²) in [6.45, 7) is 4.85. The Morgan fingerprint density at radius 3 is 2.47 bits per heavy atom. The van der Waals surface area contributed by atoms with Gasteiger partial charge in [-0.05, 0) is 61.4 Å². The molecule has 5 rings (SSSR count). The summed E-state index contributed by atoms with van der Waals surface area (Å²) in [6, 6.07) is 19.1. The normalized spacial score (nSPS) is 13.4. The number of aromatic nitrogens is 2. The molecule has 0 saturated heterocycles. The van der Waals surface area contributed by atoms with Crippen molar-refractivity contribution < 1.29 is 14.3 Å².